The van der Waals surface area contributed by atoms with Gasteiger partial charge in [0, 0.05) is 10.5 Å². The van der Waals surface area contributed by atoms with E-state index in [9.17, 15) is 4.79 Å². The Bertz CT molecular complexity index is 460. The SMILES string of the molecule is Cc1ccc(C(=O)NSC2=CCCC=C2)cc1. The summed E-state index contributed by atoms with van der Waals surface area (Å²) in [6.07, 6.45) is 8.46. The first-order valence-corrected chi connectivity index (χ1v) is 6.48. The average Bonchev–Trinajstić information content (AvgIpc) is 2.38. The lowest BCUT2D eigenvalue weighted by Crippen LogP contribution is -2.15. The predicted molar refractivity (Wildman–Crippen MR) is 72.7 cm³/mol. The summed E-state index contributed by atoms with van der Waals surface area (Å²) in [5, 5.41) is 0. The second kappa shape index (κ2) is 5.73. The van der Waals surface area contributed by atoms with Gasteiger partial charge in [0.2, 0.25) is 0 Å². The Hall–Kier alpha value is -1.48. The molecule has 0 bridgehead atoms. The minimum Gasteiger partial charge on any atom is -0.292 e. The molecule has 0 aromatic heterocycles. The van der Waals surface area contributed by atoms with Gasteiger partial charge in [-0.05, 0) is 43.8 Å². The van der Waals surface area contributed by atoms with Gasteiger partial charge in [-0.2, -0.15) is 0 Å². The van der Waals surface area contributed by atoms with Crippen molar-refractivity contribution >= 4 is 17.9 Å². The van der Waals surface area contributed by atoms with Crippen LogP contribution in [0.5, 0.6) is 0 Å². The molecule has 1 aliphatic rings. The minimum absolute atomic E-state index is 0.0464. The van der Waals surface area contributed by atoms with E-state index in [0.29, 0.717) is 5.56 Å². The van der Waals surface area contributed by atoms with E-state index in [1.54, 1.807) is 0 Å². The largest absolute Gasteiger partial charge is 0.292 e. The van der Waals surface area contributed by atoms with Crippen LogP contribution < -0.4 is 4.72 Å². The van der Waals surface area contributed by atoms with Gasteiger partial charge >= 0.3 is 0 Å². The van der Waals surface area contributed by atoms with Crippen LogP contribution in [0, 0.1) is 6.92 Å². The van der Waals surface area contributed by atoms with E-state index in [0.717, 1.165) is 23.3 Å². The maximum absolute atomic E-state index is 11.8. The number of amides is 1. The Kier molecular flexibility index (Phi) is 4.04. The molecule has 1 aromatic carbocycles. The Morgan fingerprint density at radius 2 is 2.00 bits per heavy atom. The Balaban J connectivity index is 1.91. The number of carbonyl (C=O) groups is 1. The minimum atomic E-state index is -0.0464. The lowest BCUT2D eigenvalue weighted by Gasteiger charge is -2.07. The van der Waals surface area contributed by atoms with Crippen LogP contribution in [0.2, 0.25) is 0 Å². The zero-order valence-electron chi connectivity index (χ0n) is 9.77. The summed E-state index contributed by atoms with van der Waals surface area (Å²) in [5.74, 6) is -0.0464. The number of carbonyl (C=O) groups excluding carboxylic acids is 1. The molecule has 0 atom stereocenters. The average molecular weight is 245 g/mol. The third kappa shape index (κ3) is 3.49. The summed E-state index contributed by atoms with van der Waals surface area (Å²) in [5.41, 5.74) is 1.86. The van der Waals surface area contributed by atoms with E-state index >= 15 is 0 Å². The van der Waals surface area contributed by atoms with Gasteiger partial charge in [0.25, 0.3) is 5.91 Å². The molecular weight excluding hydrogens is 230 g/mol. The smallest absolute Gasteiger partial charge is 0.261 e. The van der Waals surface area contributed by atoms with E-state index in [2.05, 4.69) is 16.9 Å². The summed E-state index contributed by atoms with van der Waals surface area (Å²) >= 11 is 1.38. The fourth-order valence-electron chi connectivity index (χ4n) is 1.53. The fraction of sp³-hybridized carbons (Fsp3) is 0.214. The van der Waals surface area contributed by atoms with Gasteiger partial charge in [0.15, 0.2) is 0 Å². The zero-order chi connectivity index (χ0) is 12.1. The lowest BCUT2D eigenvalue weighted by atomic mass is 10.1. The van der Waals surface area contributed by atoms with E-state index in [1.807, 2.05) is 37.3 Å². The molecule has 0 spiro atoms. The molecule has 2 nitrogen and oxygen atoms in total. The van der Waals surface area contributed by atoms with Crippen molar-refractivity contribution in [2.75, 3.05) is 0 Å². The number of hydrogen-bond acceptors (Lipinski definition) is 2. The van der Waals surface area contributed by atoms with Crippen molar-refractivity contribution in [3.8, 4) is 0 Å². The quantitative estimate of drug-likeness (QED) is 0.824. The summed E-state index contributed by atoms with van der Waals surface area (Å²) in [7, 11) is 0. The van der Waals surface area contributed by atoms with Gasteiger partial charge in [-0.15, -0.1) is 0 Å². The Labute approximate surface area is 106 Å². The first kappa shape index (κ1) is 12.0. The summed E-state index contributed by atoms with van der Waals surface area (Å²) in [6, 6.07) is 7.57. The maximum Gasteiger partial charge on any atom is 0.261 e. The molecule has 88 valence electrons. The lowest BCUT2D eigenvalue weighted by molar-refractivity contribution is 0.0984. The van der Waals surface area contributed by atoms with Crippen LogP contribution in [0.3, 0.4) is 0 Å². The number of rotatable bonds is 3. The van der Waals surface area contributed by atoms with Crippen LogP contribution in [-0.4, -0.2) is 5.91 Å². The van der Waals surface area contributed by atoms with Gasteiger partial charge in [-0.3, -0.25) is 9.52 Å². The molecule has 1 amide bonds. The molecule has 1 N–H and O–H groups in total. The molecule has 0 radical (unpaired) electrons. The Morgan fingerprint density at radius 3 is 2.65 bits per heavy atom. The van der Waals surface area contributed by atoms with Crippen LogP contribution in [0.15, 0.2) is 47.4 Å². The first-order chi connectivity index (χ1) is 8.25. The number of benzene rings is 1. The third-order valence-electron chi connectivity index (χ3n) is 2.54. The molecule has 0 saturated carbocycles. The topological polar surface area (TPSA) is 29.1 Å². The predicted octanol–water partition coefficient (Wildman–Crippen LogP) is 3.61. The highest BCUT2D eigenvalue weighted by Gasteiger charge is 2.06. The highest BCUT2D eigenvalue weighted by molar-refractivity contribution is 8.01. The van der Waals surface area contributed by atoms with Gasteiger partial charge in [0.1, 0.15) is 0 Å². The molecule has 0 unspecified atom stereocenters. The molecule has 2 rings (SSSR count). The highest BCUT2D eigenvalue weighted by Crippen LogP contribution is 2.19. The highest BCUT2D eigenvalue weighted by atomic mass is 32.2. The van der Waals surface area contributed by atoms with Crippen molar-refractivity contribution in [3.63, 3.8) is 0 Å². The molecule has 17 heavy (non-hydrogen) atoms. The van der Waals surface area contributed by atoms with E-state index < -0.39 is 0 Å². The van der Waals surface area contributed by atoms with Crippen molar-refractivity contribution in [1.82, 2.24) is 4.72 Å². The zero-order valence-corrected chi connectivity index (χ0v) is 10.6. The monoisotopic (exact) mass is 245 g/mol. The molecule has 0 aliphatic heterocycles. The Morgan fingerprint density at radius 1 is 1.24 bits per heavy atom. The van der Waals surface area contributed by atoms with E-state index in [1.165, 1.54) is 11.9 Å². The van der Waals surface area contributed by atoms with Crippen molar-refractivity contribution < 1.29 is 4.79 Å². The van der Waals surface area contributed by atoms with E-state index in [-0.39, 0.29) is 5.91 Å². The van der Waals surface area contributed by atoms with Gasteiger partial charge in [-0.1, -0.05) is 35.9 Å². The molecule has 0 fully saturated rings. The van der Waals surface area contributed by atoms with Crippen molar-refractivity contribution in [3.05, 3.63) is 58.5 Å². The summed E-state index contributed by atoms with van der Waals surface area (Å²) in [4.78, 5) is 12.9. The number of nitrogens with one attached hydrogen (secondary N) is 1. The van der Waals surface area contributed by atoms with Crippen molar-refractivity contribution in [2.24, 2.45) is 0 Å². The van der Waals surface area contributed by atoms with Crippen molar-refractivity contribution in [1.29, 1.82) is 0 Å². The second-order valence-corrected chi connectivity index (χ2v) is 4.87. The van der Waals surface area contributed by atoms with E-state index in [4.69, 9.17) is 0 Å². The van der Waals surface area contributed by atoms with Gasteiger partial charge < -0.3 is 0 Å². The van der Waals surface area contributed by atoms with Crippen LogP contribution in [0.1, 0.15) is 28.8 Å². The van der Waals surface area contributed by atoms with Gasteiger partial charge in [-0.25, -0.2) is 0 Å². The second-order valence-electron chi connectivity index (χ2n) is 3.99. The van der Waals surface area contributed by atoms with Gasteiger partial charge in [0.05, 0.1) is 0 Å². The maximum atomic E-state index is 11.8. The fourth-order valence-corrected chi connectivity index (χ4v) is 2.23. The number of hydrogen-bond donors (Lipinski definition) is 1. The van der Waals surface area contributed by atoms with Crippen LogP contribution >= 0.6 is 11.9 Å². The number of aryl methyl sites for hydroxylation is 1. The van der Waals surface area contributed by atoms with Crippen molar-refractivity contribution in [2.45, 2.75) is 19.8 Å². The molecular formula is C14H15NOS. The normalized spacial score (nSPS) is 14.3. The molecule has 0 heterocycles. The third-order valence-corrected chi connectivity index (χ3v) is 3.36. The molecule has 3 heteroatoms. The van der Waals surface area contributed by atoms with Crippen LogP contribution in [0.25, 0.3) is 0 Å². The van der Waals surface area contributed by atoms with Crippen LogP contribution in [0.4, 0.5) is 0 Å². The standard InChI is InChI=1S/C14H15NOS/c1-11-7-9-12(10-8-11)14(16)15-17-13-5-3-2-4-6-13/h3,5-10H,2,4H2,1H3,(H,15,16). The summed E-state index contributed by atoms with van der Waals surface area (Å²) < 4.78 is 2.85. The number of allylic oxidation sites excluding steroid dienone is 3. The molecule has 1 aromatic rings. The van der Waals surface area contributed by atoms with Crippen LogP contribution in [-0.2, 0) is 0 Å². The summed E-state index contributed by atoms with van der Waals surface area (Å²) in [6.45, 7) is 2.01. The first-order valence-electron chi connectivity index (χ1n) is 5.66. The molecule has 1 aliphatic carbocycles. The molecule has 0 saturated heterocycles.